The summed E-state index contributed by atoms with van der Waals surface area (Å²) in [5.41, 5.74) is -9.82. The van der Waals surface area contributed by atoms with Crippen molar-refractivity contribution < 1.29 is 54.2 Å². The Balaban J connectivity index is 1.63. The summed E-state index contributed by atoms with van der Waals surface area (Å²) in [5, 5.41) is 6.86. The van der Waals surface area contributed by atoms with Crippen LogP contribution in [0.2, 0.25) is 5.02 Å². The maximum atomic E-state index is 15.4. The number of hydrogen-bond donors (Lipinski definition) is 0. The number of methoxy groups -OCH3 is 1. The minimum atomic E-state index is -6.53. The average Bonchev–Trinajstić information content (AvgIpc) is 3.32. The molecule has 0 spiro atoms. The van der Waals surface area contributed by atoms with Gasteiger partial charge in [-0.25, -0.2) is 23.4 Å². The number of benzene rings is 1. The standard InChI is InChI=1S/C24H18ClF8N5O4/c1-21(6-7-21)37(20(40)41-3)19(39)11-8-10(4-5-13(11)25)12-9-34-38-14(12)17(26)42-15-16(35-36(2)18(15)38)22(27,23(28,29)30)24(31,32)33/h4-5,8-9,17H,6-7H2,1-3H3. The smallest absolute Gasteiger partial charge is 0.437 e. The maximum Gasteiger partial charge on any atom is 0.437 e. The number of carbonyl (C=O) groups excluding carboxylic acids is 2. The monoisotopic (exact) mass is 627 g/mol. The molecule has 2 amide bonds. The third-order valence-corrected chi connectivity index (χ3v) is 7.44. The molecule has 18 heteroatoms. The molecule has 3 heterocycles. The molecule has 1 atom stereocenters. The molecule has 0 saturated heterocycles. The van der Waals surface area contributed by atoms with Crippen molar-refractivity contribution in [2.75, 3.05) is 7.11 Å². The molecule has 2 aliphatic rings. The quantitative estimate of drug-likeness (QED) is 0.314. The first kappa shape index (κ1) is 29.6. The molecule has 0 N–H and O–H groups in total. The number of halogens is 9. The zero-order valence-electron chi connectivity index (χ0n) is 21.6. The zero-order chi connectivity index (χ0) is 31.2. The molecule has 226 valence electrons. The Morgan fingerprint density at radius 3 is 2.31 bits per heavy atom. The Kier molecular flexibility index (Phi) is 6.56. The maximum absolute atomic E-state index is 15.4. The van der Waals surface area contributed by atoms with Gasteiger partial charge in [-0.1, -0.05) is 17.7 Å². The number of aromatic nitrogens is 4. The van der Waals surface area contributed by atoms with E-state index in [1.807, 2.05) is 0 Å². The lowest BCUT2D eigenvalue weighted by atomic mass is 9.99. The van der Waals surface area contributed by atoms with E-state index in [4.69, 9.17) is 21.1 Å². The van der Waals surface area contributed by atoms with Gasteiger partial charge >= 0.3 is 24.1 Å². The largest absolute Gasteiger partial charge is 0.452 e. The second-order valence-corrected chi connectivity index (χ2v) is 10.3. The number of nitrogens with zero attached hydrogens (tertiary/aromatic N) is 5. The van der Waals surface area contributed by atoms with Crippen LogP contribution in [0, 0.1) is 0 Å². The fraction of sp³-hybridized carbons (Fsp3) is 0.417. The van der Waals surface area contributed by atoms with Gasteiger partial charge in [0.1, 0.15) is 5.69 Å². The minimum absolute atomic E-state index is 0.0669. The Hall–Kier alpha value is -3.89. The summed E-state index contributed by atoms with van der Waals surface area (Å²) < 4.78 is 122. The van der Waals surface area contributed by atoms with Gasteiger partial charge in [0, 0.05) is 12.6 Å². The lowest BCUT2D eigenvalue weighted by Crippen LogP contribution is -2.51. The zero-order valence-corrected chi connectivity index (χ0v) is 22.3. The summed E-state index contributed by atoms with van der Waals surface area (Å²) in [6, 6.07) is 3.78. The topological polar surface area (TPSA) is 91.5 Å². The summed E-state index contributed by atoms with van der Waals surface area (Å²) in [7, 11) is 1.98. The van der Waals surface area contributed by atoms with Gasteiger partial charge in [0.2, 0.25) is 0 Å². The fourth-order valence-corrected chi connectivity index (χ4v) is 4.84. The lowest BCUT2D eigenvalue weighted by Gasteiger charge is -2.30. The number of fused-ring (bicyclic) bond motifs is 3. The minimum Gasteiger partial charge on any atom is -0.452 e. The number of amides is 2. The highest BCUT2D eigenvalue weighted by atomic mass is 35.5. The van der Waals surface area contributed by atoms with E-state index in [1.165, 1.54) is 18.2 Å². The molecule has 42 heavy (non-hydrogen) atoms. The van der Waals surface area contributed by atoms with Crippen LogP contribution in [0.25, 0.3) is 16.9 Å². The van der Waals surface area contributed by atoms with Crippen molar-refractivity contribution in [1.82, 2.24) is 24.5 Å². The molecule has 1 fully saturated rings. The van der Waals surface area contributed by atoms with Crippen LogP contribution in [0.5, 0.6) is 5.75 Å². The molecule has 9 nitrogen and oxygen atoms in total. The first-order valence-electron chi connectivity index (χ1n) is 11.9. The second-order valence-electron chi connectivity index (χ2n) is 9.87. The van der Waals surface area contributed by atoms with Crippen molar-refractivity contribution in [3.8, 4) is 22.7 Å². The molecule has 3 aromatic rings. The van der Waals surface area contributed by atoms with Gasteiger partial charge in [-0.2, -0.15) is 40.9 Å². The third kappa shape index (κ3) is 4.19. The highest BCUT2D eigenvalue weighted by molar-refractivity contribution is 6.34. The van der Waals surface area contributed by atoms with Gasteiger partial charge in [-0.3, -0.25) is 4.79 Å². The van der Waals surface area contributed by atoms with Crippen LogP contribution in [0.4, 0.5) is 39.9 Å². The lowest BCUT2D eigenvalue weighted by molar-refractivity contribution is -0.350. The van der Waals surface area contributed by atoms with Crippen LogP contribution in [-0.4, -0.2) is 61.5 Å². The Morgan fingerprint density at radius 2 is 1.76 bits per heavy atom. The highest BCUT2D eigenvalue weighted by Gasteiger charge is 2.76. The van der Waals surface area contributed by atoms with Crippen molar-refractivity contribution in [3.63, 3.8) is 0 Å². The number of hydrogen-bond acceptors (Lipinski definition) is 6. The van der Waals surface area contributed by atoms with Crippen LogP contribution in [0.3, 0.4) is 0 Å². The molecule has 1 saturated carbocycles. The molecule has 0 bridgehead atoms. The fourth-order valence-electron chi connectivity index (χ4n) is 4.64. The number of alkyl halides is 8. The van der Waals surface area contributed by atoms with E-state index < -0.39 is 64.9 Å². The second kappa shape index (κ2) is 9.31. The van der Waals surface area contributed by atoms with E-state index in [-0.39, 0.29) is 21.7 Å². The van der Waals surface area contributed by atoms with Crippen molar-refractivity contribution in [3.05, 3.63) is 46.4 Å². The van der Waals surface area contributed by atoms with Crippen molar-refractivity contribution in [1.29, 1.82) is 0 Å². The molecule has 1 unspecified atom stereocenters. The van der Waals surface area contributed by atoms with Crippen LogP contribution in [-0.2, 0) is 17.5 Å². The summed E-state index contributed by atoms with van der Waals surface area (Å²) in [4.78, 5) is 26.7. The number of imide groups is 1. The molecule has 1 aliphatic carbocycles. The molecular weight excluding hydrogens is 610 g/mol. The summed E-state index contributed by atoms with van der Waals surface area (Å²) >= 11 is 6.24. The van der Waals surface area contributed by atoms with Crippen LogP contribution in [0.1, 0.15) is 47.9 Å². The van der Waals surface area contributed by atoms with Crippen LogP contribution in [0.15, 0.2) is 24.4 Å². The normalized spacial score (nSPS) is 17.7. The summed E-state index contributed by atoms with van der Waals surface area (Å²) in [6.45, 7) is 1.65. The van der Waals surface area contributed by atoms with Gasteiger partial charge in [-0.05, 0) is 37.5 Å². The molecular formula is C24H18ClF8N5O4. The van der Waals surface area contributed by atoms with Crippen LogP contribution < -0.4 is 4.74 Å². The van der Waals surface area contributed by atoms with E-state index in [0.717, 1.165) is 25.3 Å². The highest BCUT2D eigenvalue weighted by Crippen LogP contribution is 2.57. The summed E-state index contributed by atoms with van der Waals surface area (Å²) in [6.07, 6.45) is -14.7. The number of carbonyl (C=O) groups is 2. The van der Waals surface area contributed by atoms with E-state index in [1.54, 1.807) is 6.92 Å². The molecule has 1 aliphatic heterocycles. The van der Waals surface area contributed by atoms with Gasteiger partial charge in [0.25, 0.3) is 12.3 Å². The Bertz CT molecular complexity index is 1600. The number of ether oxygens (including phenoxy) is 2. The van der Waals surface area contributed by atoms with E-state index in [9.17, 15) is 40.3 Å². The molecule has 2 aromatic heterocycles. The van der Waals surface area contributed by atoms with E-state index >= 15 is 4.39 Å². The average molecular weight is 628 g/mol. The van der Waals surface area contributed by atoms with Crippen molar-refractivity contribution >= 4 is 23.6 Å². The van der Waals surface area contributed by atoms with Crippen molar-refractivity contribution in [2.45, 2.75) is 49.7 Å². The van der Waals surface area contributed by atoms with Gasteiger partial charge in [0.15, 0.2) is 17.3 Å². The molecule has 1 aromatic carbocycles. The van der Waals surface area contributed by atoms with Crippen molar-refractivity contribution in [2.24, 2.45) is 7.05 Å². The van der Waals surface area contributed by atoms with E-state index in [2.05, 4.69) is 10.2 Å². The SMILES string of the molecule is COC(=O)N(C(=O)c1cc(-c2cnn3c2C(F)Oc2c(C(F)(C(F)(F)F)C(F)(F)F)nn(C)c2-3)ccc1Cl)C1(C)CC1. The molecule has 5 rings (SSSR count). The van der Waals surface area contributed by atoms with Gasteiger partial charge < -0.3 is 9.47 Å². The number of aryl methyl sites for hydroxylation is 1. The Labute approximate surface area is 235 Å². The molecule has 0 radical (unpaired) electrons. The number of rotatable bonds is 4. The first-order valence-corrected chi connectivity index (χ1v) is 12.3. The Morgan fingerprint density at radius 1 is 1.14 bits per heavy atom. The van der Waals surface area contributed by atoms with Crippen LogP contribution >= 0.6 is 11.6 Å². The predicted molar refractivity (Wildman–Crippen MR) is 126 cm³/mol. The third-order valence-electron chi connectivity index (χ3n) is 7.11. The van der Waals surface area contributed by atoms with Gasteiger partial charge in [0.05, 0.1) is 29.4 Å². The van der Waals surface area contributed by atoms with Gasteiger partial charge in [-0.15, -0.1) is 0 Å². The first-order chi connectivity index (χ1) is 19.4. The van der Waals surface area contributed by atoms with E-state index in [0.29, 0.717) is 22.2 Å². The predicted octanol–water partition coefficient (Wildman–Crippen LogP) is 6.34. The summed E-state index contributed by atoms with van der Waals surface area (Å²) in [5.74, 6) is -3.01.